The van der Waals surface area contributed by atoms with Gasteiger partial charge in [-0.15, -0.1) is 0 Å². The quantitative estimate of drug-likeness (QED) is 0.696. The lowest BCUT2D eigenvalue weighted by Gasteiger charge is -2.20. The summed E-state index contributed by atoms with van der Waals surface area (Å²) < 4.78 is 11.0. The molecule has 2 amide bonds. The molecule has 1 aromatic rings. The molecule has 0 saturated carbocycles. The van der Waals surface area contributed by atoms with Crippen LogP contribution in [0.2, 0.25) is 0 Å². The van der Waals surface area contributed by atoms with Gasteiger partial charge in [0, 0.05) is 26.1 Å². The van der Waals surface area contributed by atoms with Crippen molar-refractivity contribution in [1.29, 1.82) is 0 Å². The number of nitrogens with one attached hydrogen (secondary N) is 1. The lowest BCUT2D eigenvalue weighted by Crippen LogP contribution is -2.34. The Balaban J connectivity index is 1.88. The first-order valence-corrected chi connectivity index (χ1v) is 8.94. The standard InChI is InChI=1S/C19H28N2O4/c1-4-24-17-9-6-5-8-16(17)21-13-15(12-18(21)22)19(23)20-10-7-11-25-14(2)3/h5-6,8-9,14-15H,4,7,10-13H2,1-3H3,(H,20,23). The van der Waals surface area contributed by atoms with Crippen LogP contribution in [0.3, 0.4) is 0 Å². The first-order valence-electron chi connectivity index (χ1n) is 8.94. The summed E-state index contributed by atoms with van der Waals surface area (Å²) in [6, 6.07) is 7.44. The molecule has 1 aromatic carbocycles. The molecule has 2 rings (SSSR count). The summed E-state index contributed by atoms with van der Waals surface area (Å²) in [6.07, 6.45) is 1.19. The van der Waals surface area contributed by atoms with Gasteiger partial charge in [0.15, 0.2) is 0 Å². The van der Waals surface area contributed by atoms with Crippen LogP contribution in [0.4, 0.5) is 5.69 Å². The number of anilines is 1. The Morgan fingerprint density at radius 2 is 2.12 bits per heavy atom. The molecule has 1 aliphatic heterocycles. The number of amides is 2. The summed E-state index contributed by atoms with van der Waals surface area (Å²) in [7, 11) is 0. The highest BCUT2D eigenvalue weighted by molar-refractivity contribution is 6.01. The molecule has 0 bridgehead atoms. The Kier molecular flexibility index (Phi) is 7.25. The lowest BCUT2D eigenvalue weighted by atomic mass is 10.1. The predicted molar refractivity (Wildman–Crippen MR) is 96.8 cm³/mol. The van der Waals surface area contributed by atoms with Crippen molar-refractivity contribution in [2.45, 2.75) is 39.7 Å². The minimum atomic E-state index is -0.326. The summed E-state index contributed by atoms with van der Waals surface area (Å²) in [5, 5.41) is 2.90. The van der Waals surface area contributed by atoms with Crippen LogP contribution >= 0.6 is 0 Å². The smallest absolute Gasteiger partial charge is 0.227 e. The van der Waals surface area contributed by atoms with Crippen LogP contribution in [-0.2, 0) is 14.3 Å². The van der Waals surface area contributed by atoms with E-state index in [-0.39, 0.29) is 30.3 Å². The zero-order valence-corrected chi connectivity index (χ0v) is 15.3. The van der Waals surface area contributed by atoms with Gasteiger partial charge in [0.25, 0.3) is 0 Å². The second kappa shape index (κ2) is 9.42. The monoisotopic (exact) mass is 348 g/mol. The van der Waals surface area contributed by atoms with Crippen molar-refractivity contribution in [3.63, 3.8) is 0 Å². The SMILES string of the molecule is CCOc1ccccc1N1CC(C(=O)NCCCOC(C)C)CC1=O. The van der Waals surface area contributed by atoms with Gasteiger partial charge in [-0.1, -0.05) is 12.1 Å². The highest BCUT2D eigenvalue weighted by Gasteiger charge is 2.36. The van der Waals surface area contributed by atoms with Gasteiger partial charge >= 0.3 is 0 Å². The Hall–Kier alpha value is -2.08. The fourth-order valence-electron chi connectivity index (χ4n) is 2.82. The van der Waals surface area contributed by atoms with E-state index >= 15 is 0 Å². The maximum Gasteiger partial charge on any atom is 0.227 e. The van der Waals surface area contributed by atoms with Gasteiger partial charge in [0.2, 0.25) is 11.8 Å². The summed E-state index contributed by atoms with van der Waals surface area (Å²) >= 11 is 0. The molecule has 0 aliphatic carbocycles. The summed E-state index contributed by atoms with van der Waals surface area (Å²) in [4.78, 5) is 26.3. The van der Waals surface area contributed by atoms with Gasteiger partial charge in [0.05, 0.1) is 24.3 Å². The second-order valence-electron chi connectivity index (χ2n) is 6.37. The number of hydrogen-bond donors (Lipinski definition) is 1. The van der Waals surface area contributed by atoms with Crippen molar-refractivity contribution in [2.75, 3.05) is 31.2 Å². The molecule has 1 atom stereocenters. The lowest BCUT2D eigenvalue weighted by molar-refractivity contribution is -0.126. The maximum absolute atomic E-state index is 12.4. The number of hydrogen-bond acceptors (Lipinski definition) is 4. The highest BCUT2D eigenvalue weighted by atomic mass is 16.5. The third-order valence-electron chi connectivity index (χ3n) is 4.02. The van der Waals surface area contributed by atoms with E-state index in [2.05, 4.69) is 5.32 Å². The number of benzene rings is 1. The minimum Gasteiger partial charge on any atom is -0.492 e. The van der Waals surface area contributed by atoms with E-state index in [9.17, 15) is 9.59 Å². The number of nitrogens with zero attached hydrogens (tertiary/aromatic N) is 1. The van der Waals surface area contributed by atoms with Gasteiger partial charge in [-0.3, -0.25) is 9.59 Å². The number of ether oxygens (including phenoxy) is 2. The zero-order valence-electron chi connectivity index (χ0n) is 15.3. The van der Waals surface area contributed by atoms with Gasteiger partial charge in [-0.05, 0) is 39.3 Å². The van der Waals surface area contributed by atoms with Crippen molar-refractivity contribution in [2.24, 2.45) is 5.92 Å². The van der Waals surface area contributed by atoms with Crippen molar-refractivity contribution >= 4 is 17.5 Å². The molecule has 0 radical (unpaired) electrons. The van der Waals surface area contributed by atoms with E-state index in [4.69, 9.17) is 9.47 Å². The first kappa shape index (κ1) is 19.2. The van der Waals surface area contributed by atoms with E-state index in [1.165, 1.54) is 0 Å². The fourth-order valence-corrected chi connectivity index (χ4v) is 2.82. The molecule has 1 N–H and O–H groups in total. The molecule has 1 fully saturated rings. The van der Waals surface area contributed by atoms with E-state index in [0.717, 1.165) is 12.1 Å². The molecule has 6 heteroatoms. The summed E-state index contributed by atoms with van der Waals surface area (Å²) in [5.41, 5.74) is 0.731. The molecule has 138 valence electrons. The van der Waals surface area contributed by atoms with Crippen LogP contribution in [0, 0.1) is 5.92 Å². The van der Waals surface area contributed by atoms with Crippen molar-refractivity contribution in [1.82, 2.24) is 5.32 Å². The molecule has 1 unspecified atom stereocenters. The van der Waals surface area contributed by atoms with Crippen LogP contribution in [-0.4, -0.2) is 44.2 Å². The molecule has 0 aromatic heterocycles. The minimum absolute atomic E-state index is 0.0459. The van der Waals surface area contributed by atoms with Gasteiger partial charge < -0.3 is 19.7 Å². The van der Waals surface area contributed by atoms with E-state index in [0.29, 0.717) is 32.1 Å². The van der Waals surface area contributed by atoms with E-state index in [1.54, 1.807) is 4.90 Å². The molecule has 0 spiro atoms. The number of para-hydroxylation sites is 2. The Morgan fingerprint density at radius 3 is 2.84 bits per heavy atom. The number of carbonyl (C=O) groups is 2. The molecule has 6 nitrogen and oxygen atoms in total. The Bertz CT molecular complexity index is 589. The van der Waals surface area contributed by atoms with Crippen LogP contribution in [0.25, 0.3) is 0 Å². The fraction of sp³-hybridized carbons (Fsp3) is 0.579. The number of carbonyl (C=O) groups excluding carboxylic acids is 2. The highest BCUT2D eigenvalue weighted by Crippen LogP contribution is 2.33. The molecular formula is C19H28N2O4. The molecule has 1 saturated heterocycles. The second-order valence-corrected chi connectivity index (χ2v) is 6.37. The van der Waals surface area contributed by atoms with Gasteiger partial charge in [0.1, 0.15) is 5.75 Å². The van der Waals surface area contributed by atoms with Gasteiger partial charge in [-0.25, -0.2) is 0 Å². The molecular weight excluding hydrogens is 320 g/mol. The molecule has 1 aliphatic rings. The number of rotatable bonds is 9. The first-order chi connectivity index (χ1) is 12.0. The summed E-state index contributed by atoms with van der Waals surface area (Å²) in [5.74, 6) is 0.225. The van der Waals surface area contributed by atoms with Crippen LogP contribution in [0.15, 0.2) is 24.3 Å². The largest absolute Gasteiger partial charge is 0.492 e. The molecule has 1 heterocycles. The van der Waals surface area contributed by atoms with Crippen LogP contribution in [0.1, 0.15) is 33.6 Å². The van der Waals surface area contributed by atoms with Crippen LogP contribution in [0.5, 0.6) is 5.75 Å². The average molecular weight is 348 g/mol. The summed E-state index contributed by atoms with van der Waals surface area (Å²) in [6.45, 7) is 7.97. The van der Waals surface area contributed by atoms with Crippen LogP contribution < -0.4 is 15.0 Å². The Labute approximate surface area is 149 Å². The Morgan fingerprint density at radius 1 is 1.36 bits per heavy atom. The van der Waals surface area contributed by atoms with Crippen molar-refractivity contribution in [3.05, 3.63) is 24.3 Å². The predicted octanol–water partition coefficient (Wildman–Crippen LogP) is 2.37. The zero-order chi connectivity index (χ0) is 18.2. The van der Waals surface area contributed by atoms with E-state index < -0.39 is 0 Å². The van der Waals surface area contributed by atoms with Crippen molar-refractivity contribution in [3.8, 4) is 5.75 Å². The van der Waals surface area contributed by atoms with Gasteiger partial charge in [-0.2, -0.15) is 0 Å². The van der Waals surface area contributed by atoms with E-state index in [1.807, 2.05) is 45.0 Å². The normalized spacial score (nSPS) is 17.2. The maximum atomic E-state index is 12.4. The topological polar surface area (TPSA) is 67.9 Å². The average Bonchev–Trinajstić information content (AvgIpc) is 2.97. The van der Waals surface area contributed by atoms with Crippen molar-refractivity contribution < 1.29 is 19.1 Å². The third kappa shape index (κ3) is 5.46. The molecule has 25 heavy (non-hydrogen) atoms. The third-order valence-corrected chi connectivity index (χ3v) is 4.02.